The van der Waals surface area contributed by atoms with E-state index in [4.69, 9.17) is 9.72 Å². The SMILES string of the molecule is CC(C)c1ncc(-c2c(OC(F)F)ccc3c2[C@H]2C[C@@H](NC3=O)c3nc4ccccc4n32)cn1. The maximum absolute atomic E-state index is 13.4. The molecule has 2 aliphatic rings. The number of amides is 1. The van der Waals surface area contributed by atoms with Gasteiger partial charge in [-0.25, -0.2) is 15.0 Å². The number of para-hydroxylation sites is 2. The quantitative estimate of drug-likeness (QED) is 0.463. The molecule has 7 nitrogen and oxygen atoms in total. The van der Waals surface area contributed by atoms with E-state index in [1.807, 2.05) is 38.1 Å². The molecule has 2 aromatic heterocycles. The second kappa shape index (κ2) is 7.58. The minimum Gasteiger partial charge on any atom is -0.434 e. The maximum Gasteiger partial charge on any atom is 0.387 e. The molecule has 172 valence electrons. The average Bonchev–Trinajstić information content (AvgIpc) is 3.31. The second-order valence-corrected chi connectivity index (χ2v) is 8.87. The molecule has 0 saturated carbocycles. The van der Waals surface area contributed by atoms with Crippen LogP contribution < -0.4 is 10.1 Å². The van der Waals surface area contributed by atoms with Gasteiger partial charge in [0.1, 0.15) is 17.4 Å². The fourth-order valence-electron chi connectivity index (χ4n) is 5.08. The average molecular weight is 461 g/mol. The summed E-state index contributed by atoms with van der Waals surface area (Å²) in [6.07, 6.45) is 3.78. The molecule has 0 radical (unpaired) electrons. The summed E-state index contributed by atoms with van der Waals surface area (Å²) in [5.74, 6) is 1.22. The van der Waals surface area contributed by atoms with Crippen LogP contribution in [0, 0.1) is 0 Å². The second-order valence-electron chi connectivity index (χ2n) is 8.87. The van der Waals surface area contributed by atoms with Crippen LogP contribution in [0.4, 0.5) is 8.78 Å². The number of rotatable bonds is 4. The lowest BCUT2D eigenvalue weighted by Crippen LogP contribution is -2.28. The third-order valence-electron chi connectivity index (χ3n) is 6.49. The van der Waals surface area contributed by atoms with Gasteiger partial charge in [0.25, 0.3) is 5.91 Å². The van der Waals surface area contributed by atoms with Crippen molar-refractivity contribution < 1.29 is 18.3 Å². The van der Waals surface area contributed by atoms with Crippen LogP contribution in [0.1, 0.15) is 65.8 Å². The van der Waals surface area contributed by atoms with E-state index in [0.29, 0.717) is 34.5 Å². The number of carbonyl (C=O) groups is 1. The molecular formula is C25H21F2N5O2. The van der Waals surface area contributed by atoms with E-state index in [1.165, 1.54) is 6.07 Å². The van der Waals surface area contributed by atoms with Gasteiger partial charge in [0.05, 0.1) is 23.1 Å². The zero-order chi connectivity index (χ0) is 23.6. The van der Waals surface area contributed by atoms with E-state index in [0.717, 1.165) is 16.9 Å². The Morgan fingerprint density at radius 2 is 1.88 bits per heavy atom. The number of ether oxygens (including phenoxy) is 1. The topological polar surface area (TPSA) is 81.9 Å². The largest absolute Gasteiger partial charge is 0.434 e. The summed E-state index contributed by atoms with van der Waals surface area (Å²) in [6, 6.07) is 10.1. The predicted molar refractivity (Wildman–Crippen MR) is 121 cm³/mol. The molecule has 1 amide bonds. The fourth-order valence-corrected chi connectivity index (χ4v) is 5.08. The van der Waals surface area contributed by atoms with Crippen LogP contribution in [-0.2, 0) is 0 Å². The van der Waals surface area contributed by atoms with Gasteiger partial charge in [-0.2, -0.15) is 8.78 Å². The molecule has 4 aromatic rings. The van der Waals surface area contributed by atoms with E-state index in [9.17, 15) is 13.6 Å². The summed E-state index contributed by atoms with van der Waals surface area (Å²) in [4.78, 5) is 26.8. The van der Waals surface area contributed by atoms with Crippen molar-refractivity contribution in [1.29, 1.82) is 0 Å². The summed E-state index contributed by atoms with van der Waals surface area (Å²) in [5.41, 5.74) is 3.68. The number of nitrogens with one attached hydrogen (secondary N) is 1. The van der Waals surface area contributed by atoms with E-state index in [1.54, 1.807) is 18.5 Å². The van der Waals surface area contributed by atoms with Crippen LogP contribution in [0.3, 0.4) is 0 Å². The van der Waals surface area contributed by atoms with Gasteiger partial charge in [0, 0.05) is 35.0 Å². The van der Waals surface area contributed by atoms with Crippen molar-refractivity contribution in [2.45, 2.75) is 44.9 Å². The molecule has 9 heteroatoms. The Labute approximate surface area is 193 Å². The fraction of sp³-hybridized carbons (Fsp3) is 0.280. The number of carbonyl (C=O) groups excluding carboxylic acids is 1. The molecule has 2 bridgehead atoms. The number of benzene rings is 2. The summed E-state index contributed by atoms with van der Waals surface area (Å²) in [7, 11) is 0. The van der Waals surface area contributed by atoms with E-state index in [2.05, 4.69) is 19.9 Å². The Kier molecular flexibility index (Phi) is 4.62. The molecule has 0 fully saturated rings. The highest BCUT2D eigenvalue weighted by atomic mass is 19.3. The van der Waals surface area contributed by atoms with Gasteiger partial charge in [-0.15, -0.1) is 0 Å². The van der Waals surface area contributed by atoms with Gasteiger partial charge >= 0.3 is 6.61 Å². The van der Waals surface area contributed by atoms with E-state index >= 15 is 0 Å². The third-order valence-corrected chi connectivity index (χ3v) is 6.49. The van der Waals surface area contributed by atoms with Crippen molar-refractivity contribution in [3.05, 3.63) is 71.6 Å². The number of aromatic nitrogens is 4. The zero-order valence-corrected chi connectivity index (χ0v) is 18.5. The van der Waals surface area contributed by atoms with Gasteiger partial charge in [0.15, 0.2) is 0 Å². The Balaban J connectivity index is 1.64. The van der Waals surface area contributed by atoms with Gasteiger partial charge in [-0.3, -0.25) is 4.79 Å². The van der Waals surface area contributed by atoms with Gasteiger partial charge in [-0.05, 0) is 36.2 Å². The molecule has 0 aliphatic carbocycles. The lowest BCUT2D eigenvalue weighted by Gasteiger charge is -2.23. The first kappa shape index (κ1) is 20.7. The van der Waals surface area contributed by atoms with Gasteiger partial charge in [-0.1, -0.05) is 26.0 Å². The van der Waals surface area contributed by atoms with Gasteiger partial charge in [0.2, 0.25) is 0 Å². The van der Waals surface area contributed by atoms with Gasteiger partial charge < -0.3 is 14.6 Å². The highest BCUT2D eigenvalue weighted by Crippen LogP contribution is 2.49. The minimum atomic E-state index is -3.02. The molecular weight excluding hydrogens is 440 g/mol. The maximum atomic E-state index is 13.4. The molecule has 2 aliphatic heterocycles. The summed E-state index contributed by atoms with van der Waals surface area (Å²) in [6.45, 7) is 0.931. The molecule has 0 spiro atoms. The van der Waals surface area contributed by atoms with Crippen molar-refractivity contribution >= 4 is 16.9 Å². The number of alkyl halides is 2. The number of imidazole rings is 1. The number of fused-ring (bicyclic) bond motifs is 9. The summed E-state index contributed by atoms with van der Waals surface area (Å²) < 4.78 is 33.9. The molecule has 1 N–H and O–H groups in total. The highest BCUT2D eigenvalue weighted by molar-refractivity contribution is 6.00. The van der Waals surface area contributed by atoms with Crippen molar-refractivity contribution in [2.24, 2.45) is 0 Å². The number of hydrogen-bond donors (Lipinski definition) is 1. The first-order chi connectivity index (χ1) is 16.4. The predicted octanol–water partition coefficient (Wildman–Crippen LogP) is 5.00. The van der Waals surface area contributed by atoms with Crippen molar-refractivity contribution in [1.82, 2.24) is 24.8 Å². The van der Waals surface area contributed by atoms with Crippen LogP contribution >= 0.6 is 0 Å². The normalized spacial score (nSPS) is 18.7. The zero-order valence-electron chi connectivity index (χ0n) is 18.5. The summed E-state index contributed by atoms with van der Waals surface area (Å²) >= 11 is 0. The van der Waals surface area contributed by atoms with Crippen LogP contribution in [0.25, 0.3) is 22.2 Å². The lowest BCUT2D eigenvalue weighted by atomic mass is 9.90. The monoisotopic (exact) mass is 461 g/mol. The third kappa shape index (κ3) is 3.07. The molecule has 0 unspecified atom stereocenters. The standard InChI is InChI=1S/C25H21F2N5O2/c1-12(2)22-28-10-13(11-29-22)20-19(34-25(26)27)8-7-14-21(20)18-9-16(31-24(14)33)23-30-15-5-3-4-6-17(15)32(18)23/h3-8,10-12,16,18,25H,9H2,1-2H3,(H,31,33)/t16-,18-/m1/s1. The van der Waals surface area contributed by atoms with Crippen molar-refractivity contribution in [3.63, 3.8) is 0 Å². The molecule has 6 rings (SSSR count). The lowest BCUT2D eigenvalue weighted by molar-refractivity contribution is -0.0495. The Morgan fingerprint density at radius 3 is 2.62 bits per heavy atom. The van der Waals surface area contributed by atoms with Crippen LogP contribution in [-0.4, -0.2) is 32.0 Å². The Morgan fingerprint density at radius 1 is 1.12 bits per heavy atom. The summed E-state index contributed by atoms with van der Waals surface area (Å²) in [5, 5.41) is 3.06. The first-order valence-corrected chi connectivity index (χ1v) is 11.1. The van der Waals surface area contributed by atoms with Crippen LogP contribution in [0.2, 0.25) is 0 Å². The Bertz CT molecular complexity index is 1430. The van der Waals surface area contributed by atoms with Crippen molar-refractivity contribution in [2.75, 3.05) is 0 Å². The van der Waals surface area contributed by atoms with E-state index in [-0.39, 0.29) is 29.7 Å². The Hall–Kier alpha value is -3.88. The number of hydrogen-bond acceptors (Lipinski definition) is 5. The van der Waals surface area contributed by atoms with E-state index < -0.39 is 6.61 Å². The molecule has 2 atom stereocenters. The smallest absolute Gasteiger partial charge is 0.387 e. The molecule has 4 heterocycles. The first-order valence-electron chi connectivity index (χ1n) is 11.1. The van der Waals surface area contributed by atoms with Crippen LogP contribution in [0.5, 0.6) is 5.75 Å². The molecule has 34 heavy (non-hydrogen) atoms. The molecule has 2 aromatic carbocycles. The highest BCUT2D eigenvalue weighted by Gasteiger charge is 2.42. The number of halogens is 2. The minimum absolute atomic E-state index is 0.0150. The van der Waals surface area contributed by atoms with Crippen molar-refractivity contribution in [3.8, 4) is 16.9 Å². The number of nitrogens with zero attached hydrogens (tertiary/aromatic N) is 4. The van der Waals surface area contributed by atoms with Crippen LogP contribution in [0.15, 0.2) is 48.8 Å². The molecule has 0 saturated heterocycles.